The van der Waals surface area contributed by atoms with Crippen molar-refractivity contribution >= 4 is 43.6 Å². The molecule has 0 atom stereocenters. The molecule has 3 heterocycles. The lowest BCUT2D eigenvalue weighted by Gasteiger charge is -2.13. The van der Waals surface area contributed by atoms with Crippen molar-refractivity contribution in [1.82, 2.24) is 24.1 Å². The number of fused-ring (bicyclic) bond motifs is 6. The van der Waals surface area contributed by atoms with E-state index in [1.807, 2.05) is 12.1 Å². The molecule has 0 radical (unpaired) electrons. The maximum atomic E-state index is 5.18. The average molecular weight is 502 g/mol. The van der Waals surface area contributed by atoms with Gasteiger partial charge in [-0.15, -0.1) is 0 Å². The Morgan fingerprint density at radius 2 is 0.769 bits per heavy atom. The number of nitrogens with zero attached hydrogens (tertiary/aromatic N) is 5. The lowest BCUT2D eigenvalue weighted by molar-refractivity contribution is 0.892. The largest absolute Gasteiger partial charge is 0.278 e. The standard InChI is InChI=1S/C34H23N5/c1-22-12-2-3-13-23(22)32-35-33(38-28-18-8-4-14-24(28)25-15-5-9-19-29(25)38)37-34(36-32)39-30-20-10-6-16-26(30)27-17-7-11-21-31(27)39/h2-21H,1H3. The molecule has 0 aliphatic carbocycles. The molecule has 5 heteroatoms. The van der Waals surface area contributed by atoms with Gasteiger partial charge in [0.2, 0.25) is 11.9 Å². The normalized spacial score (nSPS) is 11.7. The number of hydrogen-bond donors (Lipinski definition) is 0. The molecule has 0 amide bonds. The predicted molar refractivity (Wildman–Crippen MR) is 159 cm³/mol. The van der Waals surface area contributed by atoms with Crippen LogP contribution in [-0.2, 0) is 0 Å². The zero-order chi connectivity index (χ0) is 25.9. The second kappa shape index (κ2) is 8.36. The van der Waals surface area contributed by atoms with Gasteiger partial charge in [-0.05, 0) is 36.8 Å². The van der Waals surface area contributed by atoms with Crippen molar-refractivity contribution in [2.45, 2.75) is 6.92 Å². The zero-order valence-corrected chi connectivity index (χ0v) is 21.3. The predicted octanol–water partition coefficient (Wildman–Crippen LogP) is 8.04. The van der Waals surface area contributed by atoms with Crippen LogP contribution in [0.25, 0.3) is 66.9 Å². The second-order valence-corrected chi connectivity index (χ2v) is 9.81. The summed E-state index contributed by atoms with van der Waals surface area (Å²) in [6, 6.07) is 42.0. The molecule has 0 bridgehead atoms. The van der Waals surface area contributed by atoms with Gasteiger partial charge >= 0.3 is 0 Å². The monoisotopic (exact) mass is 501 g/mol. The van der Waals surface area contributed by atoms with Gasteiger partial charge in [-0.2, -0.15) is 15.0 Å². The first-order chi connectivity index (χ1) is 19.3. The highest BCUT2D eigenvalue weighted by molar-refractivity contribution is 6.10. The highest BCUT2D eigenvalue weighted by Crippen LogP contribution is 2.34. The quantitative estimate of drug-likeness (QED) is 0.246. The lowest BCUT2D eigenvalue weighted by Crippen LogP contribution is -2.10. The topological polar surface area (TPSA) is 48.5 Å². The summed E-state index contributed by atoms with van der Waals surface area (Å²) in [6.07, 6.45) is 0. The molecular weight excluding hydrogens is 478 g/mol. The van der Waals surface area contributed by atoms with Gasteiger partial charge in [-0.1, -0.05) is 97.1 Å². The van der Waals surface area contributed by atoms with Gasteiger partial charge in [0.25, 0.3) is 0 Å². The van der Waals surface area contributed by atoms with Crippen LogP contribution in [0, 0.1) is 6.92 Å². The molecule has 0 fully saturated rings. The van der Waals surface area contributed by atoms with E-state index in [1.165, 1.54) is 21.5 Å². The third-order valence-corrected chi connectivity index (χ3v) is 7.56. The Hall–Kier alpha value is -5.29. The maximum Gasteiger partial charge on any atom is 0.240 e. The van der Waals surface area contributed by atoms with Crippen molar-refractivity contribution in [3.63, 3.8) is 0 Å². The van der Waals surface area contributed by atoms with Crippen LogP contribution < -0.4 is 0 Å². The van der Waals surface area contributed by atoms with E-state index in [9.17, 15) is 0 Å². The minimum absolute atomic E-state index is 0.595. The van der Waals surface area contributed by atoms with Gasteiger partial charge in [0.05, 0.1) is 22.1 Å². The minimum atomic E-state index is 0.595. The highest BCUT2D eigenvalue weighted by Gasteiger charge is 2.20. The molecule has 0 N–H and O–H groups in total. The average Bonchev–Trinajstić information content (AvgIpc) is 3.50. The molecule has 0 aliphatic heterocycles. The van der Waals surface area contributed by atoms with Gasteiger partial charge in [0.1, 0.15) is 0 Å². The summed E-state index contributed by atoms with van der Waals surface area (Å²) < 4.78 is 4.32. The first-order valence-corrected chi connectivity index (χ1v) is 13.1. The van der Waals surface area contributed by atoms with Crippen molar-refractivity contribution in [1.29, 1.82) is 0 Å². The van der Waals surface area contributed by atoms with Gasteiger partial charge < -0.3 is 0 Å². The summed E-state index contributed by atoms with van der Waals surface area (Å²) in [5.41, 5.74) is 6.36. The van der Waals surface area contributed by atoms with Crippen LogP contribution in [0.2, 0.25) is 0 Å². The Morgan fingerprint density at radius 3 is 1.18 bits per heavy atom. The Labute approximate surface area is 224 Å². The molecule has 39 heavy (non-hydrogen) atoms. The molecule has 0 aliphatic rings. The van der Waals surface area contributed by atoms with Crippen LogP contribution in [0.15, 0.2) is 121 Å². The fourth-order valence-electron chi connectivity index (χ4n) is 5.77. The van der Waals surface area contributed by atoms with E-state index >= 15 is 0 Å². The van der Waals surface area contributed by atoms with Crippen molar-refractivity contribution in [3.8, 4) is 23.3 Å². The van der Waals surface area contributed by atoms with Crippen LogP contribution in [0.5, 0.6) is 0 Å². The molecule has 3 aromatic heterocycles. The molecule has 5 aromatic carbocycles. The Bertz CT molecular complexity index is 1960. The van der Waals surface area contributed by atoms with Crippen LogP contribution >= 0.6 is 0 Å². The van der Waals surface area contributed by atoms with Crippen molar-refractivity contribution in [2.24, 2.45) is 0 Å². The Morgan fingerprint density at radius 1 is 0.410 bits per heavy atom. The number of rotatable bonds is 3. The smallest absolute Gasteiger partial charge is 0.240 e. The molecule has 8 rings (SSSR count). The Balaban J connectivity index is 1.52. The summed E-state index contributed by atoms with van der Waals surface area (Å²) >= 11 is 0. The lowest BCUT2D eigenvalue weighted by atomic mass is 10.1. The third kappa shape index (κ3) is 3.23. The zero-order valence-electron chi connectivity index (χ0n) is 21.3. The van der Waals surface area contributed by atoms with E-state index in [2.05, 4.69) is 125 Å². The van der Waals surface area contributed by atoms with E-state index in [1.54, 1.807) is 0 Å². The number of benzene rings is 5. The minimum Gasteiger partial charge on any atom is -0.278 e. The summed E-state index contributed by atoms with van der Waals surface area (Å²) in [6.45, 7) is 2.10. The van der Waals surface area contributed by atoms with E-state index in [4.69, 9.17) is 15.0 Å². The van der Waals surface area contributed by atoms with E-state index in [0.717, 1.165) is 33.2 Å². The highest BCUT2D eigenvalue weighted by atomic mass is 15.3. The van der Waals surface area contributed by atoms with Gasteiger partial charge in [0.15, 0.2) is 5.82 Å². The van der Waals surface area contributed by atoms with Crippen molar-refractivity contribution in [3.05, 3.63) is 127 Å². The molecular formula is C34H23N5. The molecule has 0 saturated heterocycles. The molecule has 5 nitrogen and oxygen atoms in total. The summed E-state index contributed by atoms with van der Waals surface area (Å²) in [5.74, 6) is 1.84. The van der Waals surface area contributed by atoms with Crippen LogP contribution in [0.3, 0.4) is 0 Å². The van der Waals surface area contributed by atoms with Gasteiger partial charge in [0, 0.05) is 27.1 Å². The summed E-state index contributed by atoms with van der Waals surface area (Å²) in [7, 11) is 0. The number of hydrogen-bond acceptors (Lipinski definition) is 3. The van der Waals surface area contributed by atoms with Gasteiger partial charge in [-0.25, -0.2) is 0 Å². The maximum absolute atomic E-state index is 5.18. The van der Waals surface area contributed by atoms with Crippen LogP contribution in [0.1, 0.15) is 5.56 Å². The molecule has 0 unspecified atom stereocenters. The fraction of sp³-hybridized carbons (Fsp3) is 0.0294. The third-order valence-electron chi connectivity index (χ3n) is 7.56. The first kappa shape index (κ1) is 21.8. The van der Waals surface area contributed by atoms with Crippen LogP contribution in [-0.4, -0.2) is 24.1 Å². The molecule has 184 valence electrons. The summed E-state index contributed by atoms with van der Waals surface area (Å²) in [5, 5.41) is 4.68. The first-order valence-electron chi connectivity index (χ1n) is 13.1. The van der Waals surface area contributed by atoms with E-state index < -0.39 is 0 Å². The second-order valence-electron chi connectivity index (χ2n) is 9.81. The molecule has 0 saturated carbocycles. The van der Waals surface area contributed by atoms with Crippen molar-refractivity contribution < 1.29 is 0 Å². The van der Waals surface area contributed by atoms with E-state index in [0.29, 0.717) is 17.7 Å². The number of aromatic nitrogens is 5. The fourth-order valence-corrected chi connectivity index (χ4v) is 5.77. The molecule has 0 spiro atoms. The Kier molecular flexibility index (Phi) is 4.67. The number of aryl methyl sites for hydroxylation is 1. The van der Waals surface area contributed by atoms with Gasteiger partial charge in [-0.3, -0.25) is 9.13 Å². The van der Waals surface area contributed by atoms with E-state index in [-0.39, 0.29) is 0 Å². The summed E-state index contributed by atoms with van der Waals surface area (Å²) in [4.78, 5) is 15.4. The molecule has 8 aromatic rings. The van der Waals surface area contributed by atoms with Crippen molar-refractivity contribution in [2.75, 3.05) is 0 Å². The SMILES string of the molecule is Cc1ccccc1-c1nc(-n2c3ccccc3c3ccccc32)nc(-n2c3ccccc3c3ccccc32)n1. The number of para-hydroxylation sites is 4. The van der Waals surface area contributed by atoms with Crippen LogP contribution in [0.4, 0.5) is 0 Å².